The van der Waals surface area contributed by atoms with Crippen LogP contribution in [-0.4, -0.2) is 48.7 Å². The molecule has 19 heavy (non-hydrogen) atoms. The Labute approximate surface area is 116 Å². The van der Waals surface area contributed by atoms with Crippen LogP contribution in [0.5, 0.6) is 0 Å². The van der Waals surface area contributed by atoms with Crippen molar-refractivity contribution in [3.05, 3.63) is 0 Å². The van der Waals surface area contributed by atoms with E-state index in [1.165, 1.54) is 0 Å². The SMILES string of the molecule is O=C(CCOCC(F)(F)F)N(CCCCl)C1CCC1. The van der Waals surface area contributed by atoms with Gasteiger partial charge in [0.15, 0.2) is 0 Å². The van der Waals surface area contributed by atoms with Crippen molar-refractivity contribution in [2.45, 2.75) is 44.3 Å². The number of carbonyl (C=O) groups excluding carboxylic acids is 1. The van der Waals surface area contributed by atoms with Gasteiger partial charge in [-0.25, -0.2) is 0 Å². The van der Waals surface area contributed by atoms with Gasteiger partial charge in [0.25, 0.3) is 0 Å². The molecule has 0 aromatic heterocycles. The van der Waals surface area contributed by atoms with Crippen LogP contribution in [0.15, 0.2) is 0 Å². The molecule has 0 bridgehead atoms. The molecule has 1 saturated carbocycles. The minimum absolute atomic E-state index is 0.00509. The Morgan fingerprint density at radius 1 is 1.37 bits per heavy atom. The van der Waals surface area contributed by atoms with E-state index in [-0.39, 0.29) is 25.0 Å². The lowest BCUT2D eigenvalue weighted by molar-refractivity contribution is -0.175. The van der Waals surface area contributed by atoms with Crippen LogP contribution >= 0.6 is 11.6 Å². The predicted octanol–water partition coefficient (Wildman–Crippen LogP) is 2.97. The highest BCUT2D eigenvalue weighted by atomic mass is 35.5. The summed E-state index contributed by atoms with van der Waals surface area (Å²) in [6, 6.07) is 0.235. The topological polar surface area (TPSA) is 29.5 Å². The van der Waals surface area contributed by atoms with Gasteiger partial charge in [0.05, 0.1) is 13.0 Å². The Kier molecular flexibility index (Phi) is 6.93. The van der Waals surface area contributed by atoms with Gasteiger partial charge in [-0.15, -0.1) is 11.6 Å². The Morgan fingerprint density at radius 2 is 2.05 bits per heavy atom. The highest BCUT2D eigenvalue weighted by Crippen LogP contribution is 2.25. The Hall–Kier alpha value is -0.490. The van der Waals surface area contributed by atoms with E-state index in [4.69, 9.17) is 11.6 Å². The van der Waals surface area contributed by atoms with Crippen LogP contribution in [-0.2, 0) is 9.53 Å². The summed E-state index contributed by atoms with van der Waals surface area (Å²) in [6.07, 6.45) is -0.605. The summed E-state index contributed by atoms with van der Waals surface area (Å²) in [4.78, 5) is 13.7. The Bertz CT molecular complexity index is 283. The monoisotopic (exact) mass is 301 g/mol. The number of carbonyl (C=O) groups is 1. The molecule has 0 heterocycles. The van der Waals surface area contributed by atoms with Crippen molar-refractivity contribution in [1.29, 1.82) is 0 Å². The van der Waals surface area contributed by atoms with Gasteiger partial charge in [-0.1, -0.05) is 0 Å². The number of hydrogen-bond acceptors (Lipinski definition) is 2. The van der Waals surface area contributed by atoms with Crippen molar-refractivity contribution in [1.82, 2.24) is 4.90 Å². The summed E-state index contributed by atoms with van der Waals surface area (Å²) in [5.74, 6) is 0.332. The number of halogens is 4. The minimum Gasteiger partial charge on any atom is -0.372 e. The average Bonchev–Trinajstić information content (AvgIpc) is 2.25. The summed E-state index contributed by atoms with van der Waals surface area (Å²) in [5.41, 5.74) is 0. The third-order valence-electron chi connectivity index (χ3n) is 3.09. The maximum Gasteiger partial charge on any atom is 0.411 e. The molecular formula is C12H19ClF3NO2. The van der Waals surface area contributed by atoms with Crippen molar-refractivity contribution in [3.63, 3.8) is 0 Å². The number of ether oxygens (including phenoxy) is 1. The summed E-state index contributed by atoms with van der Waals surface area (Å²) < 4.78 is 40.0. The number of rotatable bonds is 8. The standard InChI is InChI=1S/C12H19ClF3NO2/c13-6-2-7-17(10-3-1-4-10)11(18)5-8-19-9-12(14,15)16/h10H,1-9H2. The lowest BCUT2D eigenvalue weighted by Crippen LogP contribution is -2.45. The molecule has 1 amide bonds. The molecule has 112 valence electrons. The first-order chi connectivity index (χ1) is 8.94. The second-order valence-electron chi connectivity index (χ2n) is 4.63. The largest absolute Gasteiger partial charge is 0.411 e. The highest BCUT2D eigenvalue weighted by molar-refractivity contribution is 6.17. The number of alkyl halides is 4. The fourth-order valence-corrected chi connectivity index (χ4v) is 2.05. The first-order valence-corrected chi connectivity index (χ1v) is 6.97. The maximum atomic E-state index is 11.9. The zero-order chi connectivity index (χ0) is 14.3. The molecule has 0 aromatic rings. The molecule has 0 spiro atoms. The van der Waals surface area contributed by atoms with Gasteiger partial charge < -0.3 is 9.64 Å². The van der Waals surface area contributed by atoms with Crippen molar-refractivity contribution < 1.29 is 22.7 Å². The third kappa shape index (κ3) is 6.47. The molecule has 3 nitrogen and oxygen atoms in total. The number of amides is 1. The Morgan fingerprint density at radius 3 is 2.53 bits per heavy atom. The lowest BCUT2D eigenvalue weighted by atomic mass is 9.91. The van der Waals surface area contributed by atoms with Crippen molar-refractivity contribution in [2.75, 3.05) is 25.6 Å². The molecule has 1 rings (SSSR count). The van der Waals surface area contributed by atoms with Crippen molar-refractivity contribution >= 4 is 17.5 Å². The van der Waals surface area contributed by atoms with Gasteiger partial charge in [-0.2, -0.15) is 13.2 Å². The Balaban J connectivity index is 2.27. The van der Waals surface area contributed by atoms with Crippen LogP contribution in [0.2, 0.25) is 0 Å². The van der Waals surface area contributed by atoms with Crippen molar-refractivity contribution in [3.8, 4) is 0 Å². The highest BCUT2D eigenvalue weighted by Gasteiger charge is 2.29. The van der Waals surface area contributed by atoms with E-state index in [1.807, 2.05) is 0 Å². The van der Waals surface area contributed by atoms with Crippen molar-refractivity contribution in [2.24, 2.45) is 0 Å². The molecule has 0 unspecified atom stereocenters. The second-order valence-corrected chi connectivity index (χ2v) is 5.01. The van der Waals surface area contributed by atoms with Crippen LogP contribution in [0.4, 0.5) is 13.2 Å². The minimum atomic E-state index is -4.34. The molecule has 0 radical (unpaired) electrons. The van der Waals surface area contributed by atoms with Crippen LogP contribution in [0, 0.1) is 0 Å². The smallest absolute Gasteiger partial charge is 0.372 e. The molecule has 0 aliphatic heterocycles. The van der Waals surface area contributed by atoms with E-state index < -0.39 is 12.8 Å². The lowest BCUT2D eigenvalue weighted by Gasteiger charge is -2.37. The number of hydrogen-bond donors (Lipinski definition) is 0. The summed E-state index contributed by atoms with van der Waals surface area (Å²) in [5, 5.41) is 0. The quantitative estimate of drug-likeness (QED) is 0.509. The predicted molar refractivity (Wildman–Crippen MR) is 66.2 cm³/mol. The van der Waals surface area contributed by atoms with E-state index in [1.54, 1.807) is 4.90 Å². The van der Waals surface area contributed by atoms with E-state index in [2.05, 4.69) is 4.74 Å². The average molecular weight is 302 g/mol. The van der Waals surface area contributed by atoms with Gasteiger partial charge >= 0.3 is 6.18 Å². The fourth-order valence-electron chi connectivity index (χ4n) is 1.93. The molecule has 0 atom stereocenters. The molecule has 1 fully saturated rings. The van der Waals surface area contributed by atoms with Gasteiger partial charge in [-0.05, 0) is 25.7 Å². The summed E-state index contributed by atoms with van der Waals surface area (Å²) >= 11 is 5.61. The summed E-state index contributed by atoms with van der Waals surface area (Å²) in [7, 11) is 0. The third-order valence-corrected chi connectivity index (χ3v) is 3.36. The van der Waals surface area contributed by atoms with Gasteiger partial charge in [0.1, 0.15) is 6.61 Å². The molecule has 0 saturated heterocycles. The molecule has 1 aliphatic carbocycles. The first kappa shape index (κ1) is 16.6. The van der Waals surface area contributed by atoms with E-state index >= 15 is 0 Å². The van der Waals surface area contributed by atoms with Gasteiger partial charge in [0, 0.05) is 18.5 Å². The molecule has 0 aromatic carbocycles. The van der Waals surface area contributed by atoms with E-state index in [0.717, 1.165) is 19.3 Å². The zero-order valence-corrected chi connectivity index (χ0v) is 11.5. The second kappa shape index (κ2) is 7.94. The molecule has 1 aliphatic rings. The van der Waals surface area contributed by atoms with Crippen LogP contribution in [0.25, 0.3) is 0 Å². The molecule has 7 heteroatoms. The fraction of sp³-hybridized carbons (Fsp3) is 0.917. The normalized spacial score (nSPS) is 16.2. The summed E-state index contributed by atoms with van der Waals surface area (Å²) in [6.45, 7) is -0.917. The number of nitrogens with zero attached hydrogens (tertiary/aromatic N) is 1. The van der Waals surface area contributed by atoms with Crippen LogP contribution < -0.4 is 0 Å². The maximum absolute atomic E-state index is 11.9. The zero-order valence-electron chi connectivity index (χ0n) is 10.7. The molecule has 0 N–H and O–H groups in total. The van der Waals surface area contributed by atoms with Crippen LogP contribution in [0.3, 0.4) is 0 Å². The molecular weight excluding hydrogens is 283 g/mol. The van der Waals surface area contributed by atoms with E-state index in [0.29, 0.717) is 18.8 Å². The van der Waals surface area contributed by atoms with Crippen LogP contribution in [0.1, 0.15) is 32.1 Å². The first-order valence-electron chi connectivity index (χ1n) is 6.44. The van der Waals surface area contributed by atoms with E-state index in [9.17, 15) is 18.0 Å². The van der Waals surface area contributed by atoms with Gasteiger partial charge in [0.2, 0.25) is 5.91 Å². The van der Waals surface area contributed by atoms with Gasteiger partial charge in [-0.3, -0.25) is 4.79 Å².